The molecule has 1 aliphatic heterocycles. The molecule has 23 heavy (non-hydrogen) atoms. The van der Waals surface area contributed by atoms with E-state index in [1.807, 2.05) is 19.1 Å². The van der Waals surface area contributed by atoms with Crippen LogP contribution in [0, 0.1) is 0 Å². The van der Waals surface area contributed by atoms with Crippen LogP contribution in [0.2, 0.25) is 0 Å². The monoisotopic (exact) mass is 321 g/mol. The van der Waals surface area contributed by atoms with Gasteiger partial charge in [0.25, 0.3) is 0 Å². The van der Waals surface area contributed by atoms with E-state index in [0.717, 1.165) is 31.6 Å². The molecule has 0 spiro atoms. The molecule has 0 bridgehead atoms. The van der Waals surface area contributed by atoms with Gasteiger partial charge in [0.15, 0.2) is 17.5 Å². The number of methoxy groups -OCH3 is 1. The van der Waals surface area contributed by atoms with E-state index < -0.39 is 0 Å². The van der Waals surface area contributed by atoms with Crippen molar-refractivity contribution in [2.75, 3.05) is 26.8 Å². The normalized spacial score (nSPS) is 21.3. The topological polar surface area (TPSA) is 75.1 Å². The third-order valence-corrected chi connectivity index (χ3v) is 3.98. The van der Waals surface area contributed by atoms with E-state index in [9.17, 15) is 5.11 Å². The molecular weight excluding hydrogens is 294 g/mol. The van der Waals surface area contributed by atoms with Gasteiger partial charge in [-0.3, -0.25) is 0 Å². The molecule has 1 fully saturated rings. The lowest BCUT2D eigenvalue weighted by Crippen LogP contribution is -2.45. The van der Waals surface area contributed by atoms with E-state index in [4.69, 9.17) is 9.47 Å². The van der Waals surface area contributed by atoms with Crippen molar-refractivity contribution in [1.29, 1.82) is 0 Å². The van der Waals surface area contributed by atoms with Crippen molar-refractivity contribution >= 4 is 5.96 Å². The van der Waals surface area contributed by atoms with Crippen LogP contribution in [0.3, 0.4) is 0 Å². The molecule has 128 valence electrons. The number of hydrogen-bond donors (Lipinski definition) is 3. The highest BCUT2D eigenvalue weighted by molar-refractivity contribution is 5.79. The molecular formula is C17H27N3O3. The first-order valence-corrected chi connectivity index (χ1v) is 8.09. The number of aliphatic imine (C=N–C) groups is 1. The van der Waals surface area contributed by atoms with Crippen molar-refractivity contribution in [3.05, 3.63) is 23.8 Å². The Morgan fingerprint density at radius 1 is 1.43 bits per heavy atom. The number of hydrogen-bond acceptors (Lipinski definition) is 4. The fourth-order valence-corrected chi connectivity index (χ4v) is 2.61. The van der Waals surface area contributed by atoms with Gasteiger partial charge in [0.05, 0.1) is 19.3 Å². The quantitative estimate of drug-likeness (QED) is 0.552. The zero-order chi connectivity index (χ0) is 16.7. The lowest BCUT2D eigenvalue weighted by atomic mass is 10.0. The predicted molar refractivity (Wildman–Crippen MR) is 91.1 cm³/mol. The number of nitrogens with one attached hydrogen (secondary N) is 2. The minimum atomic E-state index is -0.131. The molecule has 0 saturated carbocycles. The van der Waals surface area contributed by atoms with Crippen LogP contribution >= 0.6 is 0 Å². The average Bonchev–Trinajstić information content (AvgIpc) is 2.98. The molecule has 1 saturated heterocycles. The summed E-state index contributed by atoms with van der Waals surface area (Å²) in [6, 6.07) is 5.41. The van der Waals surface area contributed by atoms with Gasteiger partial charge in [-0.25, -0.2) is 4.99 Å². The van der Waals surface area contributed by atoms with E-state index in [1.54, 1.807) is 6.07 Å². The minimum absolute atomic E-state index is 0.131. The molecule has 1 aromatic rings. The maximum atomic E-state index is 10.1. The highest BCUT2D eigenvalue weighted by Gasteiger charge is 2.29. The van der Waals surface area contributed by atoms with Crippen molar-refractivity contribution in [1.82, 2.24) is 10.6 Å². The first-order chi connectivity index (χ1) is 11.1. The van der Waals surface area contributed by atoms with Crippen LogP contribution < -0.4 is 15.4 Å². The lowest BCUT2D eigenvalue weighted by molar-refractivity contribution is 0.0243. The second-order valence-corrected chi connectivity index (χ2v) is 5.92. The van der Waals surface area contributed by atoms with Gasteiger partial charge < -0.3 is 25.2 Å². The Bertz CT molecular complexity index is 540. The second kappa shape index (κ2) is 8.06. The molecule has 3 N–H and O–H groups in total. The number of ether oxygens (including phenoxy) is 2. The van der Waals surface area contributed by atoms with Gasteiger partial charge in [-0.2, -0.15) is 0 Å². The summed E-state index contributed by atoms with van der Waals surface area (Å²) in [4.78, 5) is 4.54. The fourth-order valence-electron chi connectivity index (χ4n) is 2.61. The zero-order valence-corrected chi connectivity index (χ0v) is 14.2. The summed E-state index contributed by atoms with van der Waals surface area (Å²) in [5, 5.41) is 16.7. The average molecular weight is 321 g/mol. The van der Waals surface area contributed by atoms with Crippen LogP contribution in [0.25, 0.3) is 0 Å². The highest BCUT2D eigenvalue weighted by Crippen LogP contribution is 2.29. The molecule has 0 aliphatic carbocycles. The Morgan fingerprint density at radius 2 is 2.26 bits per heavy atom. The van der Waals surface area contributed by atoms with E-state index in [2.05, 4.69) is 22.5 Å². The van der Waals surface area contributed by atoms with Gasteiger partial charge in [-0.05, 0) is 32.8 Å². The molecule has 1 aliphatic rings. The van der Waals surface area contributed by atoms with Crippen molar-refractivity contribution in [3.8, 4) is 11.5 Å². The summed E-state index contributed by atoms with van der Waals surface area (Å²) in [7, 11) is 1.54. The number of rotatable bonds is 6. The van der Waals surface area contributed by atoms with Gasteiger partial charge in [0.2, 0.25) is 0 Å². The fraction of sp³-hybridized carbons (Fsp3) is 0.588. The summed E-state index contributed by atoms with van der Waals surface area (Å²) >= 11 is 0. The molecule has 6 nitrogen and oxygen atoms in total. The number of guanidine groups is 1. The molecule has 0 amide bonds. The molecule has 1 aromatic carbocycles. The van der Waals surface area contributed by atoms with E-state index in [-0.39, 0.29) is 11.4 Å². The zero-order valence-electron chi connectivity index (χ0n) is 14.2. The van der Waals surface area contributed by atoms with Gasteiger partial charge in [0, 0.05) is 25.3 Å². The van der Waals surface area contributed by atoms with Crippen molar-refractivity contribution in [3.63, 3.8) is 0 Å². The Balaban J connectivity index is 2.01. The summed E-state index contributed by atoms with van der Waals surface area (Å²) in [5.74, 6) is 1.31. The predicted octanol–water partition coefficient (Wildman–Crippen LogP) is 2.02. The Kier molecular flexibility index (Phi) is 6.10. The highest BCUT2D eigenvalue weighted by atomic mass is 16.5. The summed E-state index contributed by atoms with van der Waals surface area (Å²) in [6.45, 7) is 6.81. The van der Waals surface area contributed by atoms with Gasteiger partial charge in [-0.15, -0.1) is 0 Å². The van der Waals surface area contributed by atoms with Crippen LogP contribution in [0.5, 0.6) is 11.5 Å². The van der Waals surface area contributed by atoms with Gasteiger partial charge in [-0.1, -0.05) is 12.1 Å². The number of phenolic OH excluding ortho intramolecular Hbond substituents is 1. The smallest absolute Gasteiger partial charge is 0.191 e. The standard InChI is InChI=1S/C17H27N3O3/c1-4-18-16(20-12-17(2)9-6-10-23-17)19-11-13-7-5-8-14(22-3)15(13)21/h5,7-8,21H,4,6,9-12H2,1-3H3,(H2,18,19,20). The Hall–Kier alpha value is -1.95. The number of benzene rings is 1. The van der Waals surface area contributed by atoms with Crippen molar-refractivity contribution < 1.29 is 14.6 Å². The third kappa shape index (κ3) is 4.76. The molecule has 1 heterocycles. The third-order valence-electron chi connectivity index (χ3n) is 3.98. The van der Waals surface area contributed by atoms with Crippen LogP contribution in [0.1, 0.15) is 32.3 Å². The maximum Gasteiger partial charge on any atom is 0.191 e. The minimum Gasteiger partial charge on any atom is -0.504 e. The van der Waals surface area contributed by atoms with Crippen LogP contribution in [-0.2, 0) is 11.3 Å². The SMILES string of the molecule is CCNC(=NCc1cccc(OC)c1O)NCC1(C)CCCO1. The van der Waals surface area contributed by atoms with Crippen LogP contribution in [0.4, 0.5) is 0 Å². The van der Waals surface area contributed by atoms with E-state index >= 15 is 0 Å². The van der Waals surface area contributed by atoms with Crippen LogP contribution in [-0.4, -0.2) is 43.5 Å². The van der Waals surface area contributed by atoms with E-state index in [0.29, 0.717) is 24.8 Å². The van der Waals surface area contributed by atoms with Crippen molar-refractivity contribution in [2.24, 2.45) is 4.99 Å². The summed E-state index contributed by atoms with van der Waals surface area (Å²) < 4.78 is 10.9. The molecule has 1 atom stereocenters. The second-order valence-electron chi connectivity index (χ2n) is 5.92. The first kappa shape index (κ1) is 17.4. The maximum absolute atomic E-state index is 10.1. The number of phenols is 1. The molecule has 6 heteroatoms. The summed E-state index contributed by atoms with van der Waals surface area (Å²) in [5.41, 5.74) is 0.596. The molecule has 2 rings (SSSR count). The summed E-state index contributed by atoms with van der Waals surface area (Å²) in [6.07, 6.45) is 2.15. The molecule has 0 aromatic heterocycles. The molecule has 1 unspecified atom stereocenters. The first-order valence-electron chi connectivity index (χ1n) is 8.09. The van der Waals surface area contributed by atoms with Gasteiger partial charge >= 0.3 is 0 Å². The van der Waals surface area contributed by atoms with Gasteiger partial charge in [0.1, 0.15) is 0 Å². The Labute approximate surface area is 137 Å². The number of nitrogens with zero attached hydrogens (tertiary/aromatic N) is 1. The molecule has 0 radical (unpaired) electrons. The number of para-hydroxylation sites is 1. The van der Waals surface area contributed by atoms with E-state index in [1.165, 1.54) is 7.11 Å². The number of aromatic hydroxyl groups is 1. The lowest BCUT2D eigenvalue weighted by Gasteiger charge is -2.24. The van der Waals surface area contributed by atoms with Crippen LogP contribution in [0.15, 0.2) is 23.2 Å². The largest absolute Gasteiger partial charge is 0.504 e. The Morgan fingerprint density at radius 3 is 2.91 bits per heavy atom. The van der Waals surface area contributed by atoms with Crippen molar-refractivity contribution in [2.45, 2.75) is 38.8 Å².